The fraction of sp³-hybridized carbons (Fsp3) is 0.0833. The first-order chi connectivity index (χ1) is 8.54. The van der Waals surface area contributed by atoms with Gasteiger partial charge in [0.15, 0.2) is 11.6 Å². The molecule has 0 aliphatic heterocycles. The Morgan fingerprint density at radius 3 is 2.61 bits per heavy atom. The summed E-state index contributed by atoms with van der Waals surface area (Å²) in [6.45, 7) is 0. The van der Waals surface area contributed by atoms with Crippen molar-refractivity contribution in [1.82, 2.24) is 4.98 Å². The third-order valence-corrected chi connectivity index (χ3v) is 3.03. The van der Waals surface area contributed by atoms with Crippen LogP contribution in [0.1, 0.15) is 0 Å². The van der Waals surface area contributed by atoms with E-state index in [9.17, 15) is 4.39 Å². The number of methoxy groups -OCH3 is 1. The predicted octanol–water partition coefficient (Wildman–Crippen LogP) is 3.79. The third-order valence-electron chi connectivity index (χ3n) is 2.41. The van der Waals surface area contributed by atoms with Crippen LogP contribution in [0.25, 0.3) is 11.3 Å². The van der Waals surface area contributed by atoms with Gasteiger partial charge in [0.1, 0.15) is 0 Å². The number of halogens is 3. The van der Waals surface area contributed by atoms with Crippen molar-refractivity contribution in [1.29, 1.82) is 0 Å². The van der Waals surface area contributed by atoms with E-state index in [1.807, 2.05) is 0 Å². The maximum Gasteiger partial charge on any atom is 0.175 e. The van der Waals surface area contributed by atoms with Crippen molar-refractivity contribution in [3.63, 3.8) is 0 Å². The van der Waals surface area contributed by atoms with Crippen molar-refractivity contribution >= 4 is 28.9 Å². The topological polar surface area (TPSA) is 48.1 Å². The van der Waals surface area contributed by atoms with Gasteiger partial charge in [-0.05, 0) is 18.2 Å². The molecule has 0 amide bonds. The molecule has 0 atom stereocenters. The summed E-state index contributed by atoms with van der Waals surface area (Å²) in [5.74, 6) is -0.608. The van der Waals surface area contributed by atoms with E-state index < -0.39 is 5.82 Å². The summed E-state index contributed by atoms with van der Waals surface area (Å²) in [6, 6.07) is 4.54. The third kappa shape index (κ3) is 2.21. The normalized spacial score (nSPS) is 10.4. The number of benzene rings is 1. The second-order valence-corrected chi connectivity index (χ2v) is 4.35. The SMILES string of the molecule is COc1c(Cl)ccc(-c2cc(N)c(Cl)cn2)c1F. The molecule has 1 aromatic carbocycles. The molecule has 0 unspecified atom stereocenters. The fourth-order valence-electron chi connectivity index (χ4n) is 1.52. The number of hydrogen-bond acceptors (Lipinski definition) is 3. The first kappa shape index (κ1) is 12.9. The zero-order valence-electron chi connectivity index (χ0n) is 9.38. The molecule has 0 saturated carbocycles. The summed E-state index contributed by atoms with van der Waals surface area (Å²) >= 11 is 11.6. The minimum atomic E-state index is -0.584. The van der Waals surface area contributed by atoms with E-state index in [1.165, 1.54) is 31.5 Å². The van der Waals surface area contributed by atoms with Gasteiger partial charge in [0.2, 0.25) is 0 Å². The molecule has 0 spiro atoms. The summed E-state index contributed by atoms with van der Waals surface area (Å²) in [7, 11) is 1.34. The summed E-state index contributed by atoms with van der Waals surface area (Å²) in [6.07, 6.45) is 1.37. The van der Waals surface area contributed by atoms with Crippen LogP contribution < -0.4 is 10.5 Å². The van der Waals surface area contributed by atoms with Crippen LogP contribution >= 0.6 is 23.2 Å². The molecule has 2 rings (SSSR count). The highest BCUT2D eigenvalue weighted by Gasteiger charge is 2.15. The van der Waals surface area contributed by atoms with E-state index in [2.05, 4.69) is 4.98 Å². The monoisotopic (exact) mass is 286 g/mol. The number of nitrogens with two attached hydrogens (primary N) is 1. The lowest BCUT2D eigenvalue weighted by Gasteiger charge is -2.09. The highest BCUT2D eigenvalue weighted by Crippen LogP contribution is 2.35. The van der Waals surface area contributed by atoms with Gasteiger partial charge in [0.05, 0.1) is 28.5 Å². The zero-order valence-corrected chi connectivity index (χ0v) is 10.9. The quantitative estimate of drug-likeness (QED) is 0.914. The van der Waals surface area contributed by atoms with Gasteiger partial charge < -0.3 is 10.5 Å². The van der Waals surface area contributed by atoms with Crippen molar-refractivity contribution in [3.05, 3.63) is 40.3 Å². The first-order valence-electron chi connectivity index (χ1n) is 4.98. The highest BCUT2D eigenvalue weighted by molar-refractivity contribution is 6.33. The minimum absolute atomic E-state index is 0.0236. The largest absolute Gasteiger partial charge is 0.492 e. The molecular weight excluding hydrogens is 278 g/mol. The average molecular weight is 287 g/mol. The number of rotatable bonds is 2. The van der Waals surface area contributed by atoms with Crippen molar-refractivity contribution in [3.8, 4) is 17.0 Å². The maximum absolute atomic E-state index is 14.1. The van der Waals surface area contributed by atoms with E-state index in [4.69, 9.17) is 33.7 Å². The lowest BCUT2D eigenvalue weighted by atomic mass is 10.1. The van der Waals surface area contributed by atoms with Gasteiger partial charge in [-0.25, -0.2) is 4.39 Å². The Balaban J connectivity index is 2.60. The Kier molecular flexibility index (Phi) is 3.59. The van der Waals surface area contributed by atoms with Crippen LogP contribution in [0.15, 0.2) is 24.4 Å². The number of anilines is 1. The molecule has 18 heavy (non-hydrogen) atoms. The second-order valence-electron chi connectivity index (χ2n) is 3.53. The number of pyridine rings is 1. The van der Waals surface area contributed by atoms with Crippen LogP contribution in [-0.4, -0.2) is 12.1 Å². The molecular formula is C12H9Cl2FN2O. The Morgan fingerprint density at radius 2 is 2.00 bits per heavy atom. The zero-order chi connectivity index (χ0) is 13.3. The maximum atomic E-state index is 14.1. The molecule has 6 heteroatoms. The molecule has 0 saturated heterocycles. The minimum Gasteiger partial charge on any atom is -0.492 e. The van der Waals surface area contributed by atoms with E-state index in [1.54, 1.807) is 0 Å². The summed E-state index contributed by atoms with van der Waals surface area (Å²) in [4.78, 5) is 4.02. The standard InChI is InChI=1S/C12H9Cl2FN2O/c1-18-12-7(13)3-2-6(11(12)15)10-4-9(16)8(14)5-17-10/h2-5H,1H3,(H2,16,17). The number of ether oxygens (including phenoxy) is 1. The Morgan fingerprint density at radius 1 is 1.28 bits per heavy atom. The summed E-state index contributed by atoms with van der Waals surface area (Å²) in [5, 5.41) is 0.515. The van der Waals surface area contributed by atoms with Gasteiger partial charge >= 0.3 is 0 Å². The molecule has 0 radical (unpaired) electrons. The average Bonchev–Trinajstić information content (AvgIpc) is 2.34. The molecule has 1 aromatic heterocycles. The van der Waals surface area contributed by atoms with Crippen molar-refractivity contribution in [2.75, 3.05) is 12.8 Å². The van der Waals surface area contributed by atoms with Gasteiger partial charge in [-0.1, -0.05) is 23.2 Å². The molecule has 0 aliphatic carbocycles. The van der Waals surface area contributed by atoms with Gasteiger partial charge in [0, 0.05) is 11.8 Å². The molecule has 2 N–H and O–H groups in total. The van der Waals surface area contributed by atoms with E-state index >= 15 is 0 Å². The van der Waals surface area contributed by atoms with E-state index in [0.717, 1.165) is 0 Å². The number of hydrogen-bond donors (Lipinski definition) is 1. The van der Waals surface area contributed by atoms with Crippen molar-refractivity contribution < 1.29 is 9.13 Å². The molecule has 3 nitrogen and oxygen atoms in total. The summed E-state index contributed by atoms with van der Waals surface area (Å²) in [5.41, 5.74) is 6.60. The first-order valence-corrected chi connectivity index (χ1v) is 5.73. The Labute approximate surface area is 113 Å². The molecule has 1 heterocycles. The van der Waals surface area contributed by atoms with Gasteiger partial charge in [-0.2, -0.15) is 0 Å². The van der Waals surface area contributed by atoms with Crippen LogP contribution in [0.2, 0.25) is 10.0 Å². The van der Waals surface area contributed by atoms with E-state index in [0.29, 0.717) is 16.4 Å². The molecule has 0 bridgehead atoms. The smallest absolute Gasteiger partial charge is 0.175 e. The van der Waals surface area contributed by atoms with Crippen LogP contribution in [0.4, 0.5) is 10.1 Å². The van der Waals surface area contributed by atoms with Gasteiger partial charge in [-0.3, -0.25) is 4.98 Å². The molecule has 94 valence electrons. The predicted molar refractivity (Wildman–Crippen MR) is 70.6 cm³/mol. The fourth-order valence-corrected chi connectivity index (χ4v) is 1.85. The van der Waals surface area contributed by atoms with Crippen LogP contribution in [0, 0.1) is 5.82 Å². The van der Waals surface area contributed by atoms with Crippen molar-refractivity contribution in [2.24, 2.45) is 0 Å². The Hall–Kier alpha value is -1.52. The van der Waals surface area contributed by atoms with Gasteiger partial charge in [-0.15, -0.1) is 0 Å². The molecule has 0 aliphatic rings. The molecule has 2 aromatic rings. The highest BCUT2D eigenvalue weighted by atomic mass is 35.5. The van der Waals surface area contributed by atoms with Gasteiger partial charge in [0.25, 0.3) is 0 Å². The Bertz CT molecular complexity index is 605. The lowest BCUT2D eigenvalue weighted by Crippen LogP contribution is -1.96. The molecule has 0 fully saturated rings. The number of nitrogen functional groups attached to an aromatic ring is 1. The van der Waals surface area contributed by atoms with Crippen LogP contribution in [0.5, 0.6) is 5.75 Å². The number of nitrogens with zero attached hydrogens (tertiary/aromatic N) is 1. The number of aromatic nitrogens is 1. The van der Waals surface area contributed by atoms with Crippen molar-refractivity contribution in [2.45, 2.75) is 0 Å². The van der Waals surface area contributed by atoms with E-state index in [-0.39, 0.29) is 16.3 Å². The van der Waals surface area contributed by atoms with Crippen LogP contribution in [0.3, 0.4) is 0 Å². The summed E-state index contributed by atoms with van der Waals surface area (Å²) < 4.78 is 19.0. The lowest BCUT2D eigenvalue weighted by molar-refractivity contribution is 0.387. The second kappa shape index (κ2) is 5.00. The van der Waals surface area contributed by atoms with Crippen LogP contribution in [-0.2, 0) is 0 Å².